The Morgan fingerprint density at radius 3 is 1.24 bits per heavy atom. The quantitative estimate of drug-likeness (QED) is 0.0664. The van der Waals surface area contributed by atoms with Crippen LogP contribution < -0.4 is 0 Å². The minimum absolute atomic E-state index is 0.203. The van der Waals surface area contributed by atoms with Crippen molar-refractivity contribution in [3.05, 3.63) is 84.0 Å². The molecule has 1 aliphatic carbocycles. The zero-order valence-electron chi connectivity index (χ0n) is 29.9. The topological polar surface area (TPSA) is 0 Å². The molecule has 0 saturated carbocycles. The minimum Gasteiger partial charge on any atom is -0.103 e. The average molecular weight is 611 g/mol. The van der Waals surface area contributed by atoms with Crippen LogP contribution in [0.25, 0.3) is 11.1 Å². The van der Waals surface area contributed by atoms with Crippen LogP contribution >= 0.6 is 0 Å². The molecule has 0 heteroatoms. The lowest BCUT2D eigenvalue weighted by Crippen LogP contribution is -2.26. The van der Waals surface area contributed by atoms with E-state index in [0.29, 0.717) is 0 Å². The van der Waals surface area contributed by atoms with Crippen LogP contribution in [-0.4, -0.2) is 0 Å². The Balaban J connectivity index is 1.77. The summed E-state index contributed by atoms with van der Waals surface area (Å²) in [6.07, 6.45) is 38.6. The molecule has 0 N–H and O–H groups in total. The number of fused-ring (bicyclic) bond motifs is 3. The summed E-state index contributed by atoms with van der Waals surface area (Å²) < 4.78 is 0. The molecule has 45 heavy (non-hydrogen) atoms. The van der Waals surface area contributed by atoms with Gasteiger partial charge in [0.15, 0.2) is 0 Å². The molecule has 0 heterocycles. The molecule has 250 valence electrons. The third-order valence-electron chi connectivity index (χ3n) is 10.7. The van der Waals surface area contributed by atoms with Crippen molar-refractivity contribution in [1.82, 2.24) is 0 Å². The number of hydrogen-bond donors (Lipinski definition) is 0. The Bertz CT molecular complexity index is 1000. The lowest BCUT2D eigenvalue weighted by Gasteiger charge is -2.33. The molecule has 0 spiro atoms. The maximum atomic E-state index is 3.87. The fraction of sp³-hybridized carbons (Fsp3) is 0.644. The summed E-state index contributed by atoms with van der Waals surface area (Å²) >= 11 is 0. The summed E-state index contributed by atoms with van der Waals surface area (Å²) in [5.41, 5.74) is 9.82. The third-order valence-corrected chi connectivity index (χ3v) is 10.7. The number of benzene rings is 2. The molecule has 1 aliphatic rings. The van der Waals surface area contributed by atoms with Gasteiger partial charge in [-0.05, 0) is 97.6 Å². The van der Waals surface area contributed by atoms with E-state index in [-0.39, 0.29) is 5.41 Å². The lowest BCUT2D eigenvalue weighted by molar-refractivity contribution is 0.400. The SMILES string of the molecule is C=CCCCCCCCCc1ccc2c(c1)C(CCCCCC)(CCCCCC)c1cc(CCCCCCCCC=C)ccc1-2. The maximum Gasteiger partial charge on any atom is 0.0215 e. The van der Waals surface area contributed by atoms with E-state index in [2.05, 4.69) is 75.6 Å². The molecule has 0 amide bonds. The van der Waals surface area contributed by atoms with Crippen molar-refractivity contribution < 1.29 is 0 Å². The molecule has 0 aliphatic heterocycles. The smallest absolute Gasteiger partial charge is 0.0215 e. The first-order valence-electron chi connectivity index (χ1n) is 19.7. The fourth-order valence-electron chi connectivity index (χ4n) is 7.92. The van der Waals surface area contributed by atoms with Crippen LogP contribution in [0, 0.1) is 0 Å². The predicted molar refractivity (Wildman–Crippen MR) is 203 cm³/mol. The van der Waals surface area contributed by atoms with Crippen molar-refractivity contribution in [2.75, 3.05) is 0 Å². The molecule has 2 aromatic carbocycles. The number of aryl methyl sites for hydroxylation is 2. The highest BCUT2D eigenvalue weighted by molar-refractivity contribution is 5.81. The highest BCUT2D eigenvalue weighted by Gasteiger charge is 2.42. The van der Waals surface area contributed by atoms with Crippen molar-refractivity contribution in [2.24, 2.45) is 0 Å². The molecule has 0 atom stereocenters. The standard InChI is InChI=1S/C45H70/c1-5-9-13-17-19-21-23-25-29-39-31-33-41-42-34-32-40(30-26-24-22-20-18-14-10-6-2)38-44(42)45(43(41)37-39,35-27-15-11-7-3)36-28-16-12-8-4/h5-6,31-34,37-38H,1-2,7-30,35-36H2,3-4H3. The highest BCUT2D eigenvalue weighted by atomic mass is 14.4. The summed E-state index contributed by atoms with van der Waals surface area (Å²) in [5.74, 6) is 0. The number of hydrogen-bond acceptors (Lipinski definition) is 0. The summed E-state index contributed by atoms with van der Waals surface area (Å²) in [4.78, 5) is 0. The Kier molecular flexibility index (Phi) is 18.6. The average Bonchev–Trinajstić information content (AvgIpc) is 3.32. The summed E-state index contributed by atoms with van der Waals surface area (Å²) in [6.45, 7) is 12.4. The normalized spacial score (nSPS) is 13.1. The van der Waals surface area contributed by atoms with Gasteiger partial charge < -0.3 is 0 Å². The van der Waals surface area contributed by atoms with Gasteiger partial charge >= 0.3 is 0 Å². The van der Waals surface area contributed by atoms with E-state index in [1.807, 2.05) is 0 Å². The predicted octanol–water partition coefficient (Wildman–Crippen LogP) is 14.8. The van der Waals surface area contributed by atoms with Crippen LogP contribution in [0.3, 0.4) is 0 Å². The van der Waals surface area contributed by atoms with Crippen molar-refractivity contribution in [1.29, 1.82) is 0 Å². The monoisotopic (exact) mass is 611 g/mol. The second-order valence-electron chi connectivity index (χ2n) is 14.4. The van der Waals surface area contributed by atoms with Crippen LogP contribution in [0.2, 0.25) is 0 Å². The van der Waals surface area contributed by atoms with E-state index in [4.69, 9.17) is 0 Å². The molecule has 0 bridgehead atoms. The molecule has 0 fully saturated rings. The Morgan fingerprint density at radius 1 is 0.467 bits per heavy atom. The number of allylic oxidation sites excluding steroid dienone is 2. The van der Waals surface area contributed by atoms with Gasteiger partial charge in [-0.25, -0.2) is 0 Å². The first-order chi connectivity index (χ1) is 22.2. The van der Waals surface area contributed by atoms with Crippen molar-refractivity contribution in [3.8, 4) is 11.1 Å². The van der Waals surface area contributed by atoms with Crippen LogP contribution in [0.4, 0.5) is 0 Å². The van der Waals surface area contributed by atoms with Gasteiger partial charge in [-0.15, -0.1) is 13.2 Å². The summed E-state index contributed by atoms with van der Waals surface area (Å²) in [5, 5.41) is 0. The van der Waals surface area contributed by atoms with E-state index in [9.17, 15) is 0 Å². The van der Waals surface area contributed by atoms with Gasteiger partial charge in [0.25, 0.3) is 0 Å². The van der Waals surface area contributed by atoms with Gasteiger partial charge in [-0.2, -0.15) is 0 Å². The summed E-state index contributed by atoms with van der Waals surface area (Å²) in [7, 11) is 0. The van der Waals surface area contributed by atoms with Gasteiger partial charge in [-0.1, -0.05) is 165 Å². The third kappa shape index (κ3) is 12.2. The van der Waals surface area contributed by atoms with Crippen LogP contribution in [0.1, 0.15) is 190 Å². The van der Waals surface area contributed by atoms with Crippen molar-refractivity contribution >= 4 is 0 Å². The summed E-state index contributed by atoms with van der Waals surface area (Å²) in [6, 6.07) is 15.4. The maximum absolute atomic E-state index is 3.87. The number of unbranched alkanes of at least 4 members (excludes halogenated alkanes) is 18. The first kappa shape index (κ1) is 37.4. The van der Waals surface area contributed by atoms with Crippen LogP contribution in [0.5, 0.6) is 0 Å². The van der Waals surface area contributed by atoms with Gasteiger partial charge in [0.1, 0.15) is 0 Å². The van der Waals surface area contributed by atoms with E-state index < -0.39 is 0 Å². The molecular weight excluding hydrogens is 540 g/mol. The molecule has 0 nitrogen and oxygen atoms in total. The minimum atomic E-state index is 0.203. The van der Waals surface area contributed by atoms with Crippen LogP contribution in [-0.2, 0) is 18.3 Å². The van der Waals surface area contributed by atoms with E-state index in [0.717, 1.165) is 0 Å². The molecule has 3 rings (SSSR count). The first-order valence-corrected chi connectivity index (χ1v) is 19.7. The molecule has 0 radical (unpaired) electrons. The Hall–Kier alpha value is -2.08. The molecule has 0 saturated heterocycles. The van der Waals surface area contributed by atoms with E-state index >= 15 is 0 Å². The molecule has 2 aromatic rings. The van der Waals surface area contributed by atoms with E-state index in [1.165, 1.54) is 167 Å². The zero-order chi connectivity index (χ0) is 32.0. The molecule has 0 aromatic heterocycles. The van der Waals surface area contributed by atoms with Gasteiger partial charge in [0.2, 0.25) is 0 Å². The molecule has 0 unspecified atom stereocenters. The second kappa shape index (κ2) is 22.4. The van der Waals surface area contributed by atoms with E-state index in [1.54, 1.807) is 33.4 Å². The van der Waals surface area contributed by atoms with Gasteiger partial charge in [-0.3, -0.25) is 0 Å². The number of rotatable bonds is 28. The fourth-order valence-corrected chi connectivity index (χ4v) is 7.92. The van der Waals surface area contributed by atoms with Crippen molar-refractivity contribution in [2.45, 2.75) is 186 Å². The van der Waals surface area contributed by atoms with Crippen molar-refractivity contribution in [3.63, 3.8) is 0 Å². The molecular formula is C45H70. The largest absolute Gasteiger partial charge is 0.103 e. The lowest BCUT2D eigenvalue weighted by atomic mass is 9.70. The zero-order valence-corrected chi connectivity index (χ0v) is 29.9. The second-order valence-corrected chi connectivity index (χ2v) is 14.4. The Labute approximate surface area is 280 Å². The van der Waals surface area contributed by atoms with Gasteiger partial charge in [0, 0.05) is 5.41 Å². The Morgan fingerprint density at radius 2 is 0.844 bits per heavy atom. The van der Waals surface area contributed by atoms with Crippen LogP contribution in [0.15, 0.2) is 61.7 Å². The van der Waals surface area contributed by atoms with Gasteiger partial charge in [0.05, 0.1) is 0 Å². The highest BCUT2D eigenvalue weighted by Crippen LogP contribution is 2.54.